The Morgan fingerprint density at radius 3 is 2.50 bits per heavy atom. The normalized spacial score (nSPS) is 17.1. The lowest BCUT2D eigenvalue weighted by Crippen LogP contribution is -2.47. The minimum atomic E-state index is 0.674. The Bertz CT molecular complexity index is 870. The summed E-state index contributed by atoms with van der Waals surface area (Å²) in [4.78, 5) is 7.33. The van der Waals surface area contributed by atoms with Crippen molar-refractivity contribution in [3.05, 3.63) is 59.6 Å². The maximum absolute atomic E-state index is 6.15. The van der Waals surface area contributed by atoms with Crippen LogP contribution in [0, 0.1) is 0 Å². The van der Waals surface area contributed by atoms with E-state index in [1.807, 2.05) is 42.5 Å². The van der Waals surface area contributed by atoms with Crippen LogP contribution >= 0.6 is 11.6 Å². The standard InChI is InChI=1S/C25H34ClN5O/c1-2-25-27-31(21-30(25)18-19-32-24-10-4-3-5-11-24)13-7-12-28-14-16-29(17-15-28)23-9-6-8-22(26)20-23/h3-6,8-11,20H,2,7,12-19,21H2,1H3. The van der Waals surface area contributed by atoms with E-state index < -0.39 is 0 Å². The first kappa shape index (κ1) is 22.7. The van der Waals surface area contributed by atoms with E-state index in [9.17, 15) is 0 Å². The minimum Gasteiger partial charge on any atom is -0.492 e. The van der Waals surface area contributed by atoms with Gasteiger partial charge in [0.05, 0.1) is 6.54 Å². The number of nitrogens with zero attached hydrogens (tertiary/aromatic N) is 5. The molecule has 0 spiro atoms. The van der Waals surface area contributed by atoms with Crippen LogP contribution in [0.15, 0.2) is 59.7 Å². The SMILES string of the molecule is CCC1=NN(CCCN2CCN(c3cccc(Cl)c3)CC2)CN1CCOc1ccccc1. The molecule has 1 saturated heterocycles. The van der Waals surface area contributed by atoms with Crippen molar-refractivity contribution in [2.24, 2.45) is 5.10 Å². The zero-order valence-electron chi connectivity index (χ0n) is 19.0. The van der Waals surface area contributed by atoms with Gasteiger partial charge in [0.2, 0.25) is 0 Å². The van der Waals surface area contributed by atoms with Gasteiger partial charge in [-0.1, -0.05) is 42.8 Å². The minimum absolute atomic E-state index is 0.674. The molecule has 2 aromatic carbocycles. The molecule has 2 heterocycles. The Morgan fingerprint density at radius 1 is 0.938 bits per heavy atom. The van der Waals surface area contributed by atoms with Crippen LogP contribution in [0.1, 0.15) is 19.8 Å². The van der Waals surface area contributed by atoms with Gasteiger partial charge in [0, 0.05) is 56.4 Å². The van der Waals surface area contributed by atoms with Crippen molar-refractivity contribution in [2.45, 2.75) is 19.8 Å². The predicted octanol–water partition coefficient (Wildman–Crippen LogP) is 4.23. The van der Waals surface area contributed by atoms with Gasteiger partial charge in [-0.2, -0.15) is 5.10 Å². The fourth-order valence-electron chi connectivity index (χ4n) is 4.32. The first-order chi connectivity index (χ1) is 15.7. The number of benzene rings is 2. The molecule has 4 rings (SSSR count). The number of hydrazone groups is 1. The molecule has 0 aliphatic carbocycles. The van der Waals surface area contributed by atoms with Crippen LogP contribution in [0.2, 0.25) is 5.02 Å². The number of rotatable bonds is 10. The van der Waals surface area contributed by atoms with Gasteiger partial charge in [-0.25, -0.2) is 0 Å². The van der Waals surface area contributed by atoms with E-state index >= 15 is 0 Å². The molecule has 0 amide bonds. The summed E-state index contributed by atoms with van der Waals surface area (Å²) >= 11 is 6.15. The van der Waals surface area contributed by atoms with E-state index in [0.717, 1.165) is 81.9 Å². The molecule has 0 atom stereocenters. The molecule has 0 aromatic heterocycles. The second kappa shape index (κ2) is 11.4. The highest BCUT2D eigenvalue weighted by molar-refractivity contribution is 6.30. The second-order valence-electron chi connectivity index (χ2n) is 8.33. The van der Waals surface area contributed by atoms with Crippen LogP contribution in [-0.4, -0.2) is 79.7 Å². The molecule has 7 heteroatoms. The summed E-state index contributed by atoms with van der Waals surface area (Å²) < 4.78 is 5.87. The van der Waals surface area contributed by atoms with E-state index in [1.165, 1.54) is 5.69 Å². The Labute approximate surface area is 197 Å². The highest BCUT2D eigenvalue weighted by atomic mass is 35.5. The molecular weight excluding hydrogens is 422 g/mol. The van der Waals surface area contributed by atoms with E-state index in [4.69, 9.17) is 21.4 Å². The van der Waals surface area contributed by atoms with Crippen LogP contribution in [0.3, 0.4) is 0 Å². The number of halogens is 1. The van der Waals surface area contributed by atoms with Crippen LogP contribution in [0.5, 0.6) is 5.75 Å². The average molecular weight is 456 g/mol. The van der Waals surface area contributed by atoms with E-state index in [1.54, 1.807) is 0 Å². The summed E-state index contributed by atoms with van der Waals surface area (Å²) in [5, 5.41) is 7.86. The molecule has 172 valence electrons. The smallest absolute Gasteiger partial charge is 0.126 e. The zero-order chi connectivity index (χ0) is 22.2. The Balaban J connectivity index is 1.14. The number of amidine groups is 1. The van der Waals surface area contributed by atoms with Gasteiger partial charge in [-0.05, 0) is 36.8 Å². The van der Waals surface area contributed by atoms with Crippen molar-refractivity contribution in [3.63, 3.8) is 0 Å². The average Bonchev–Trinajstić information content (AvgIpc) is 3.22. The van der Waals surface area contributed by atoms with Crippen LogP contribution in [-0.2, 0) is 0 Å². The zero-order valence-corrected chi connectivity index (χ0v) is 19.8. The topological polar surface area (TPSA) is 34.5 Å². The molecule has 2 aliphatic heterocycles. The Hall–Kier alpha value is -2.44. The molecule has 2 aliphatic rings. The molecule has 1 fully saturated rings. The van der Waals surface area contributed by atoms with Crippen molar-refractivity contribution >= 4 is 23.1 Å². The molecule has 0 saturated carbocycles. The Morgan fingerprint density at radius 2 is 1.75 bits per heavy atom. The number of para-hydroxylation sites is 1. The summed E-state index contributed by atoms with van der Waals surface area (Å²) in [7, 11) is 0. The number of hydrogen-bond acceptors (Lipinski definition) is 6. The lowest BCUT2D eigenvalue weighted by molar-refractivity contribution is 0.189. The lowest BCUT2D eigenvalue weighted by atomic mass is 10.2. The molecule has 32 heavy (non-hydrogen) atoms. The van der Waals surface area contributed by atoms with Gasteiger partial charge in [-0.3, -0.25) is 9.91 Å². The fraction of sp³-hybridized carbons (Fsp3) is 0.480. The van der Waals surface area contributed by atoms with Gasteiger partial charge in [0.25, 0.3) is 0 Å². The highest BCUT2D eigenvalue weighted by Gasteiger charge is 2.22. The quantitative estimate of drug-likeness (QED) is 0.535. The van der Waals surface area contributed by atoms with Gasteiger partial charge in [0.15, 0.2) is 0 Å². The number of ether oxygens (including phenoxy) is 1. The van der Waals surface area contributed by atoms with Gasteiger partial charge in [0.1, 0.15) is 24.9 Å². The van der Waals surface area contributed by atoms with Gasteiger partial charge in [-0.15, -0.1) is 0 Å². The van der Waals surface area contributed by atoms with E-state index in [2.05, 4.69) is 38.8 Å². The number of piperazine rings is 1. The molecule has 0 unspecified atom stereocenters. The second-order valence-corrected chi connectivity index (χ2v) is 8.76. The van der Waals surface area contributed by atoms with E-state index in [-0.39, 0.29) is 0 Å². The monoisotopic (exact) mass is 455 g/mol. The molecule has 0 radical (unpaired) electrons. The maximum atomic E-state index is 6.15. The summed E-state index contributed by atoms with van der Waals surface area (Å²) in [5.74, 6) is 2.09. The van der Waals surface area contributed by atoms with Gasteiger partial charge >= 0.3 is 0 Å². The van der Waals surface area contributed by atoms with Crippen molar-refractivity contribution in [1.82, 2.24) is 14.8 Å². The third-order valence-electron chi connectivity index (χ3n) is 6.08. The van der Waals surface area contributed by atoms with Crippen molar-refractivity contribution < 1.29 is 4.74 Å². The molecule has 6 nitrogen and oxygen atoms in total. The third-order valence-corrected chi connectivity index (χ3v) is 6.32. The molecule has 0 bridgehead atoms. The first-order valence-corrected chi connectivity index (χ1v) is 12.1. The van der Waals surface area contributed by atoms with Crippen molar-refractivity contribution in [3.8, 4) is 5.75 Å². The van der Waals surface area contributed by atoms with Gasteiger partial charge < -0.3 is 14.5 Å². The maximum Gasteiger partial charge on any atom is 0.126 e. The fourth-order valence-corrected chi connectivity index (χ4v) is 4.51. The first-order valence-electron chi connectivity index (χ1n) is 11.7. The number of anilines is 1. The third kappa shape index (κ3) is 6.30. The lowest BCUT2D eigenvalue weighted by Gasteiger charge is -2.36. The summed E-state index contributed by atoms with van der Waals surface area (Å²) in [6.07, 6.45) is 2.08. The van der Waals surface area contributed by atoms with Crippen LogP contribution in [0.4, 0.5) is 5.69 Å². The van der Waals surface area contributed by atoms with Crippen molar-refractivity contribution in [2.75, 3.05) is 64.0 Å². The largest absolute Gasteiger partial charge is 0.492 e. The molecular formula is C25H34ClN5O. The summed E-state index contributed by atoms with van der Waals surface area (Å²) in [6.45, 7) is 11.0. The van der Waals surface area contributed by atoms with Crippen LogP contribution in [0.25, 0.3) is 0 Å². The number of hydrogen-bond donors (Lipinski definition) is 0. The molecule has 2 aromatic rings. The van der Waals surface area contributed by atoms with Crippen LogP contribution < -0.4 is 9.64 Å². The van der Waals surface area contributed by atoms with Crippen molar-refractivity contribution in [1.29, 1.82) is 0 Å². The molecule has 0 N–H and O–H groups in total. The predicted molar refractivity (Wildman–Crippen MR) is 133 cm³/mol. The highest BCUT2D eigenvalue weighted by Crippen LogP contribution is 2.21. The van der Waals surface area contributed by atoms with E-state index in [0.29, 0.717) is 6.61 Å². The summed E-state index contributed by atoms with van der Waals surface area (Å²) in [5.41, 5.74) is 1.23. The Kier molecular flexibility index (Phi) is 8.13. The summed E-state index contributed by atoms with van der Waals surface area (Å²) in [6, 6.07) is 18.2.